The molecule has 0 spiro atoms. The summed E-state index contributed by atoms with van der Waals surface area (Å²) in [5.74, 6) is 1.03. The summed E-state index contributed by atoms with van der Waals surface area (Å²) in [4.78, 5) is 15.5. The van der Waals surface area contributed by atoms with Gasteiger partial charge in [0.25, 0.3) is 5.23 Å². The predicted molar refractivity (Wildman–Crippen MR) is 54.9 cm³/mol. The molecule has 1 heterocycles. The number of carbonyl (C=O) groups is 1. The molecule has 0 saturated carbocycles. The van der Waals surface area contributed by atoms with E-state index in [0.717, 1.165) is 12.3 Å². The van der Waals surface area contributed by atoms with Gasteiger partial charge in [0.05, 0.1) is 12.5 Å². The Balaban J connectivity index is 2.40. The Morgan fingerprint density at radius 2 is 2.23 bits per heavy atom. The smallest absolute Gasteiger partial charge is 0.316 e. The zero-order valence-corrected chi connectivity index (χ0v) is 9.06. The molecular weight excluding hydrogens is 186 g/mol. The molecule has 0 fully saturated rings. The maximum atomic E-state index is 11.4. The summed E-state index contributed by atoms with van der Waals surface area (Å²) >= 11 is 1.51. The molecule has 1 atom stereocenters. The van der Waals surface area contributed by atoms with Crippen molar-refractivity contribution in [3.8, 4) is 0 Å². The first kappa shape index (κ1) is 10.6. The largest absolute Gasteiger partial charge is 0.401 e. The molecule has 0 amide bonds. The highest BCUT2D eigenvalue weighted by Gasteiger charge is 2.21. The Labute approximate surface area is 82.9 Å². The van der Waals surface area contributed by atoms with Crippen molar-refractivity contribution in [3.05, 3.63) is 0 Å². The summed E-state index contributed by atoms with van der Waals surface area (Å²) in [5.41, 5.74) is 0. The van der Waals surface area contributed by atoms with E-state index in [0.29, 0.717) is 11.1 Å². The number of thioether (sulfide) groups is 1. The fraction of sp³-hybridized carbons (Fsp3) is 0.778. The number of nitrogens with zero attached hydrogens (tertiary/aromatic N) is 1. The van der Waals surface area contributed by atoms with Gasteiger partial charge in [-0.3, -0.25) is 4.79 Å². The van der Waals surface area contributed by atoms with Crippen LogP contribution in [0.2, 0.25) is 0 Å². The van der Waals surface area contributed by atoms with E-state index in [1.54, 1.807) is 0 Å². The number of carbonyl (C=O) groups excluding carboxylic acids is 1. The molecule has 1 aliphatic rings. The van der Waals surface area contributed by atoms with Crippen LogP contribution < -0.4 is 0 Å². The minimum absolute atomic E-state index is 0.0519. The Kier molecular flexibility index (Phi) is 3.78. The van der Waals surface area contributed by atoms with E-state index in [2.05, 4.69) is 4.99 Å². The quantitative estimate of drug-likeness (QED) is 0.641. The zero-order chi connectivity index (χ0) is 9.84. The van der Waals surface area contributed by atoms with Gasteiger partial charge in [-0.25, -0.2) is 4.99 Å². The highest BCUT2D eigenvalue weighted by molar-refractivity contribution is 8.13. The lowest BCUT2D eigenvalue weighted by Crippen LogP contribution is -2.21. The van der Waals surface area contributed by atoms with Gasteiger partial charge in [0, 0.05) is 5.75 Å². The standard InChI is InChI=1S/C9H15NO2S/c1-6(2)7(3)8(11)12-9-10-4-5-13-9/h6-7H,4-5H2,1-3H3. The van der Waals surface area contributed by atoms with Gasteiger partial charge in [-0.2, -0.15) is 0 Å². The van der Waals surface area contributed by atoms with Crippen LogP contribution in [0, 0.1) is 11.8 Å². The summed E-state index contributed by atoms with van der Waals surface area (Å²) in [6.45, 7) is 6.67. The molecule has 0 aromatic rings. The van der Waals surface area contributed by atoms with Crippen LogP contribution in [0.15, 0.2) is 4.99 Å². The number of aliphatic imine (C=N–C) groups is 1. The van der Waals surface area contributed by atoms with E-state index in [-0.39, 0.29) is 11.9 Å². The molecule has 13 heavy (non-hydrogen) atoms. The summed E-state index contributed by atoms with van der Waals surface area (Å²) in [7, 11) is 0. The molecule has 0 aromatic carbocycles. The zero-order valence-electron chi connectivity index (χ0n) is 8.24. The predicted octanol–water partition coefficient (Wildman–Crippen LogP) is 1.92. The molecule has 0 bridgehead atoms. The second-order valence-corrected chi connectivity index (χ2v) is 4.50. The van der Waals surface area contributed by atoms with E-state index >= 15 is 0 Å². The molecule has 1 unspecified atom stereocenters. The van der Waals surface area contributed by atoms with Crippen molar-refractivity contribution in [2.24, 2.45) is 16.8 Å². The minimum Gasteiger partial charge on any atom is -0.401 e. The van der Waals surface area contributed by atoms with Gasteiger partial charge in [-0.15, -0.1) is 0 Å². The van der Waals surface area contributed by atoms with Gasteiger partial charge in [0.2, 0.25) is 0 Å². The van der Waals surface area contributed by atoms with E-state index < -0.39 is 0 Å². The summed E-state index contributed by atoms with van der Waals surface area (Å²) in [6.07, 6.45) is 0. The average Bonchev–Trinajstić information content (AvgIpc) is 2.55. The van der Waals surface area contributed by atoms with Crippen molar-refractivity contribution < 1.29 is 9.53 Å². The third-order valence-corrected chi connectivity index (χ3v) is 2.96. The van der Waals surface area contributed by atoms with Crippen LogP contribution in [0.5, 0.6) is 0 Å². The van der Waals surface area contributed by atoms with Gasteiger partial charge in [0.1, 0.15) is 0 Å². The van der Waals surface area contributed by atoms with Crippen LogP contribution in [0.25, 0.3) is 0 Å². The minimum atomic E-state index is -0.164. The first-order valence-electron chi connectivity index (χ1n) is 4.50. The number of rotatable bonds is 2. The van der Waals surface area contributed by atoms with Gasteiger partial charge in [0.15, 0.2) is 0 Å². The monoisotopic (exact) mass is 201 g/mol. The lowest BCUT2D eigenvalue weighted by molar-refractivity contribution is -0.140. The maximum absolute atomic E-state index is 11.4. The van der Waals surface area contributed by atoms with Crippen molar-refractivity contribution in [1.82, 2.24) is 0 Å². The van der Waals surface area contributed by atoms with Crippen LogP contribution in [0.1, 0.15) is 20.8 Å². The molecule has 0 aliphatic carbocycles. The molecule has 0 saturated heterocycles. The summed E-state index contributed by atoms with van der Waals surface area (Å²) in [6, 6.07) is 0. The highest BCUT2D eigenvalue weighted by Crippen LogP contribution is 2.17. The van der Waals surface area contributed by atoms with Crippen LogP contribution in [-0.2, 0) is 9.53 Å². The number of hydrogen-bond donors (Lipinski definition) is 0. The van der Waals surface area contributed by atoms with Crippen molar-refractivity contribution in [2.75, 3.05) is 12.3 Å². The SMILES string of the molecule is CC(C)C(C)C(=O)OC1=NCCS1. The van der Waals surface area contributed by atoms with Crippen molar-refractivity contribution in [3.63, 3.8) is 0 Å². The maximum Gasteiger partial charge on any atom is 0.316 e. The van der Waals surface area contributed by atoms with Crippen molar-refractivity contribution in [1.29, 1.82) is 0 Å². The van der Waals surface area contributed by atoms with Gasteiger partial charge in [-0.05, 0) is 5.92 Å². The molecule has 0 aromatic heterocycles. The molecule has 3 nitrogen and oxygen atoms in total. The third kappa shape index (κ3) is 3.03. The topological polar surface area (TPSA) is 38.7 Å². The average molecular weight is 201 g/mol. The first-order chi connectivity index (χ1) is 6.11. The normalized spacial score (nSPS) is 18.6. The molecule has 4 heteroatoms. The fourth-order valence-electron chi connectivity index (χ4n) is 0.828. The number of ether oxygens (including phenoxy) is 1. The molecular formula is C9H15NO2S. The van der Waals surface area contributed by atoms with Crippen LogP contribution in [0.3, 0.4) is 0 Å². The van der Waals surface area contributed by atoms with Crippen molar-refractivity contribution >= 4 is 23.0 Å². The molecule has 74 valence electrons. The Morgan fingerprint density at radius 3 is 2.69 bits per heavy atom. The lowest BCUT2D eigenvalue weighted by atomic mass is 9.99. The Morgan fingerprint density at radius 1 is 1.54 bits per heavy atom. The van der Waals surface area contributed by atoms with E-state index in [1.807, 2.05) is 20.8 Å². The summed E-state index contributed by atoms with van der Waals surface area (Å²) in [5, 5.41) is 0.539. The Bertz CT molecular complexity index is 226. The van der Waals surface area contributed by atoms with Crippen LogP contribution in [0.4, 0.5) is 0 Å². The van der Waals surface area contributed by atoms with Crippen LogP contribution in [-0.4, -0.2) is 23.5 Å². The van der Waals surface area contributed by atoms with Gasteiger partial charge in [-0.1, -0.05) is 32.5 Å². The summed E-state index contributed by atoms with van der Waals surface area (Å²) < 4.78 is 5.11. The van der Waals surface area contributed by atoms with E-state index in [1.165, 1.54) is 11.8 Å². The molecule has 0 radical (unpaired) electrons. The van der Waals surface area contributed by atoms with Gasteiger partial charge >= 0.3 is 5.97 Å². The molecule has 1 aliphatic heterocycles. The van der Waals surface area contributed by atoms with Crippen molar-refractivity contribution in [2.45, 2.75) is 20.8 Å². The fourth-order valence-corrected chi connectivity index (χ4v) is 1.51. The lowest BCUT2D eigenvalue weighted by Gasteiger charge is -2.13. The second-order valence-electron chi connectivity index (χ2n) is 3.45. The van der Waals surface area contributed by atoms with Crippen LogP contribution >= 0.6 is 11.8 Å². The van der Waals surface area contributed by atoms with E-state index in [9.17, 15) is 4.79 Å². The number of esters is 1. The molecule has 0 N–H and O–H groups in total. The van der Waals surface area contributed by atoms with Gasteiger partial charge < -0.3 is 4.74 Å². The molecule has 1 rings (SSSR count). The first-order valence-corrected chi connectivity index (χ1v) is 5.48. The van der Waals surface area contributed by atoms with E-state index in [4.69, 9.17) is 4.74 Å². The number of hydrogen-bond acceptors (Lipinski definition) is 4. The second kappa shape index (κ2) is 4.65. The third-order valence-electron chi connectivity index (χ3n) is 2.12. The Hall–Kier alpha value is -0.510. The highest BCUT2D eigenvalue weighted by atomic mass is 32.2.